The highest BCUT2D eigenvalue weighted by Gasteiger charge is 2.21. The summed E-state index contributed by atoms with van der Waals surface area (Å²) >= 11 is 0. The fourth-order valence-electron chi connectivity index (χ4n) is 2.38. The van der Waals surface area contributed by atoms with Crippen LogP contribution in [0, 0.1) is 0 Å². The second kappa shape index (κ2) is 5.52. The number of hydrogen-bond acceptors (Lipinski definition) is 3. The van der Waals surface area contributed by atoms with E-state index >= 15 is 0 Å². The fourth-order valence-corrected chi connectivity index (χ4v) is 2.38. The third-order valence-corrected chi connectivity index (χ3v) is 3.44. The maximum Gasteiger partial charge on any atom is 0.0810 e. The molecule has 0 amide bonds. The van der Waals surface area contributed by atoms with Gasteiger partial charge in [0.25, 0.3) is 0 Å². The zero-order chi connectivity index (χ0) is 12.3. The molecule has 0 saturated heterocycles. The van der Waals surface area contributed by atoms with Gasteiger partial charge in [-0.15, -0.1) is 0 Å². The molecule has 0 bridgehead atoms. The Bertz CT molecular complexity index is 367. The minimum Gasteiger partial charge on any atom is -0.391 e. The molecule has 3 nitrogen and oxygen atoms in total. The number of nitrogens with zero attached hydrogens (tertiary/aromatic N) is 1. The molecule has 0 saturated carbocycles. The van der Waals surface area contributed by atoms with Crippen LogP contribution in [-0.2, 0) is 0 Å². The highest BCUT2D eigenvalue weighted by molar-refractivity contribution is 5.55. The van der Waals surface area contributed by atoms with Crippen LogP contribution >= 0.6 is 0 Å². The van der Waals surface area contributed by atoms with Crippen molar-refractivity contribution < 1.29 is 10.2 Å². The molecule has 0 aliphatic carbocycles. The number of rotatable bonds is 3. The van der Waals surface area contributed by atoms with Crippen molar-refractivity contribution in [2.24, 2.45) is 0 Å². The molecule has 0 radical (unpaired) electrons. The van der Waals surface area contributed by atoms with Crippen LogP contribution in [0.25, 0.3) is 0 Å². The summed E-state index contributed by atoms with van der Waals surface area (Å²) in [5, 5.41) is 19.9. The molecule has 0 fully saturated rings. The summed E-state index contributed by atoms with van der Waals surface area (Å²) < 4.78 is 0. The molecular weight excluding hydrogens is 214 g/mol. The van der Waals surface area contributed by atoms with E-state index in [4.69, 9.17) is 0 Å². The molecule has 1 aromatic carbocycles. The van der Waals surface area contributed by atoms with Gasteiger partial charge in [-0.25, -0.2) is 0 Å². The molecule has 1 aromatic rings. The van der Waals surface area contributed by atoms with Crippen LogP contribution in [0.15, 0.2) is 24.3 Å². The smallest absolute Gasteiger partial charge is 0.0810 e. The summed E-state index contributed by atoms with van der Waals surface area (Å²) in [7, 11) is 0. The van der Waals surface area contributed by atoms with Crippen molar-refractivity contribution in [3.63, 3.8) is 0 Å². The van der Waals surface area contributed by atoms with Crippen LogP contribution in [0.3, 0.4) is 0 Å². The molecule has 1 aliphatic rings. The predicted octanol–water partition coefficient (Wildman–Crippen LogP) is 2.09. The summed E-state index contributed by atoms with van der Waals surface area (Å²) in [6.45, 7) is 3.55. The second-order valence-corrected chi connectivity index (χ2v) is 4.72. The van der Waals surface area contributed by atoms with E-state index in [-0.39, 0.29) is 12.2 Å². The second-order valence-electron chi connectivity index (χ2n) is 4.72. The zero-order valence-corrected chi connectivity index (χ0v) is 10.3. The van der Waals surface area contributed by atoms with Crippen molar-refractivity contribution in [2.45, 2.75) is 38.4 Å². The van der Waals surface area contributed by atoms with Gasteiger partial charge in [-0.2, -0.15) is 0 Å². The third-order valence-electron chi connectivity index (χ3n) is 3.44. The molecule has 0 aromatic heterocycles. The van der Waals surface area contributed by atoms with Gasteiger partial charge in [0.15, 0.2) is 0 Å². The van der Waals surface area contributed by atoms with Crippen LogP contribution in [-0.4, -0.2) is 29.4 Å². The molecule has 2 atom stereocenters. The largest absolute Gasteiger partial charge is 0.391 e. The summed E-state index contributed by atoms with van der Waals surface area (Å²) in [5.41, 5.74) is 2.07. The van der Waals surface area contributed by atoms with Gasteiger partial charge in [0, 0.05) is 24.3 Å². The van der Waals surface area contributed by atoms with Gasteiger partial charge in [-0.1, -0.05) is 25.1 Å². The summed E-state index contributed by atoms with van der Waals surface area (Å²) in [4.78, 5) is 2.19. The molecule has 3 heteroatoms. The van der Waals surface area contributed by atoms with Gasteiger partial charge in [0.2, 0.25) is 0 Å². The molecule has 2 rings (SSSR count). The quantitative estimate of drug-likeness (QED) is 0.843. The van der Waals surface area contributed by atoms with Gasteiger partial charge in [0.05, 0.1) is 12.2 Å². The minimum atomic E-state index is -0.366. The van der Waals surface area contributed by atoms with Crippen molar-refractivity contribution in [2.75, 3.05) is 18.0 Å². The predicted molar refractivity (Wildman–Crippen MR) is 69.1 cm³/mol. The minimum absolute atomic E-state index is 0.293. The van der Waals surface area contributed by atoms with Crippen molar-refractivity contribution in [3.05, 3.63) is 29.8 Å². The highest BCUT2D eigenvalue weighted by Crippen LogP contribution is 2.32. The Kier molecular flexibility index (Phi) is 4.02. The number of aliphatic hydroxyl groups excluding tert-OH is 2. The van der Waals surface area contributed by atoms with Crippen molar-refractivity contribution in [1.82, 2.24) is 0 Å². The first-order valence-electron chi connectivity index (χ1n) is 6.42. The zero-order valence-electron chi connectivity index (χ0n) is 10.3. The topological polar surface area (TPSA) is 43.7 Å². The van der Waals surface area contributed by atoms with Crippen LogP contribution in [0.2, 0.25) is 0 Å². The van der Waals surface area contributed by atoms with Gasteiger partial charge >= 0.3 is 0 Å². The first kappa shape index (κ1) is 12.4. The normalized spacial score (nSPS) is 21.8. The first-order chi connectivity index (χ1) is 8.22. The Morgan fingerprint density at radius 1 is 1.41 bits per heavy atom. The number of fused-ring (bicyclic) bond motifs is 1. The molecule has 2 unspecified atom stereocenters. The molecule has 17 heavy (non-hydrogen) atoms. The van der Waals surface area contributed by atoms with E-state index in [2.05, 4.69) is 4.90 Å². The summed E-state index contributed by atoms with van der Waals surface area (Å²) in [6, 6.07) is 7.97. The average molecular weight is 235 g/mol. The molecule has 0 spiro atoms. The molecule has 1 heterocycles. The SMILES string of the molecule is CCC(O)CN1CCCC(O)c2ccccc21. The van der Waals surface area contributed by atoms with E-state index < -0.39 is 0 Å². The number of benzene rings is 1. The number of anilines is 1. The number of para-hydroxylation sites is 1. The van der Waals surface area contributed by atoms with Gasteiger partial charge < -0.3 is 15.1 Å². The highest BCUT2D eigenvalue weighted by atomic mass is 16.3. The van der Waals surface area contributed by atoms with E-state index in [0.717, 1.165) is 37.1 Å². The van der Waals surface area contributed by atoms with Crippen LogP contribution in [0.1, 0.15) is 37.9 Å². The van der Waals surface area contributed by atoms with Gasteiger partial charge in [0.1, 0.15) is 0 Å². The summed E-state index contributed by atoms with van der Waals surface area (Å²) in [6.07, 6.45) is 1.87. The number of aliphatic hydroxyl groups is 2. The molecule has 1 aliphatic heterocycles. The summed E-state index contributed by atoms with van der Waals surface area (Å²) in [5.74, 6) is 0. The van der Waals surface area contributed by atoms with E-state index in [1.807, 2.05) is 31.2 Å². The Labute approximate surface area is 103 Å². The van der Waals surface area contributed by atoms with E-state index in [9.17, 15) is 10.2 Å². The van der Waals surface area contributed by atoms with Crippen molar-refractivity contribution >= 4 is 5.69 Å². The molecular formula is C14H21NO2. The fraction of sp³-hybridized carbons (Fsp3) is 0.571. The Balaban J connectivity index is 2.25. The Morgan fingerprint density at radius 2 is 2.18 bits per heavy atom. The maximum atomic E-state index is 10.1. The van der Waals surface area contributed by atoms with Crippen LogP contribution in [0.4, 0.5) is 5.69 Å². The average Bonchev–Trinajstić information content (AvgIpc) is 2.51. The number of β-amino-alcohol motifs (C(OH)–C–C–N with tert-alkyl or cyclic N) is 1. The van der Waals surface area contributed by atoms with Crippen LogP contribution in [0.5, 0.6) is 0 Å². The van der Waals surface area contributed by atoms with Crippen molar-refractivity contribution in [1.29, 1.82) is 0 Å². The number of hydrogen-bond donors (Lipinski definition) is 2. The molecule has 2 N–H and O–H groups in total. The first-order valence-corrected chi connectivity index (χ1v) is 6.42. The lowest BCUT2D eigenvalue weighted by Crippen LogP contribution is -2.32. The standard InChI is InChI=1S/C14H21NO2/c1-2-11(16)10-15-9-5-8-14(17)12-6-3-4-7-13(12)15/h3-4,6-7,11,14,16-17H,2,5,8-10H2,1H3. The monoisotopic (exact) mass is 235 g/mol. The Morgan fingerprint density at radius 3 is 2.94 bits per heavy atom. The van der Waals surface area contributed by atoms with E-state index in [1.54, 1.807) is 0 Å². The lowest BCUT2D eigenvalue weighted by molar-refractivity contribution is 0.168. The van der Waals surface area contributed by atoms with Crippen LogP contribution < -0.4 is 4.90 Å². The van der Waals surface area contributed by atoms with E-state index in [1.165, 1.54) is 0 Å². The lowest BCUT2D eigenvalue weighted by atomic mass is 10.0. The van der Waals surface area contributed by atoms with E-state index in [0.29, 0.717) is 6.54 Å². The third kappa shape index (κ3) is 2.79. The maximum absolute atomic E-state index is 10.1. The Hall–Kier alpha value is -1.06. The molecule has 94 valence electrons. The lowest BCUT2D eigenvalue weighted by Gasteiger charge is -2.27. The van der Waals surface area contributed by atoms with Crippen molar-refractivity contribution in [3.8, 4) is 0 Å². The van der Waals surface area contributed by atoms with Gasteiger partial charge in [-0.05, 0) is 25.3 Å². The van der Waals surface area contributed by atoms with Gasteiger partial charge in [-0.3, -0.25) is 0 Å².